The van der Waals surface area contributed by atoms with E-state index in [2.05, 4.69) is 5.16 Å². The summed E-state index contributed by atoms with van der Waals surface area (Å²) >= 11 is 0. The van der Waals surface area contributed by atoms with Crippen LogP contribution in [0, 0.1) is 5.82 Å². The minimum atomic E-state index is -0.505. The van der Waals surface area contributed by atoms with Gasteiger partial charge in [0.15, 0.2) is 5.84 Å². The van der Waals surface area contributed by atoms with Crippen molar-refractivity contribution >= 4 is 11.7 Å². The largest absolute Gasteiger partial charge is 0.409 e. The Kier molecular flexibility index (Phi) is 4.74. The molecule has 1 saturated heterocycles. The number of nitrogens with zero attached hydrogens (tertiary/aromatic N) is 3. The molecule has 1 unspecified atom stereocenters. The van der Waals surface area contributed by atoms with Crippen LogP contribution in [-0.4, -0.2) is 59.0 Å². The van der Waals surface area contributed by atoms with Crippen LogP contribution < -0.4 is 5.73 Å². The lowest BCUT2D eigenvalue weighted by Gasteiger charge is -2.37. The highest BCUT2D eigenvalue weighted by molar-refractivity contribution is 5.94. The summed E-state index contributed by atoms with van der Waals surface area (Å²) in [6.45, 7) is 3.99. The Hall–Kier alpha value is -2.15. The molecule has 7 heteroatoms. The summed E-state index contributed by atoms with van der Waals surface area (Å²) in [7, 11) is 0. The van der Waals surface area contributed by atoms with E-state index in [0.717, 1.165) is 0 Å². The molecule has 1 aliphatic heterocycles. The number of benzene rings is 1. The molecular formula is C14H19FN4O2. The van der Waals surface area contributed by atoms with E-state index in [1.807, 2.05) is 11.8 Å². The predicted molar refractivity (Wildman–Crippen MR) is 76.7 cm³/mol. The Balaban J connectivity index is 1.98. The van der Waals surface area contributed by atoms with Crippen molar-refractivity contribution in [3.8, 4) is 0 Å². The molecule has 1 atom stereocenters. The summed E-state index contributed by atoms with van der Waals surface area (Å²) in [5, 5.41) is 11.7. The second kappa shape index (κ2) is 6.53. The van der Waals surface area contributed by atoms with Gasteiger partial charge in [0.25, 0.3) is 5.91 Å². The number of amides is 1. The molecular weight excluding hydrogens is 275 g/mol. The molecule has 1 aromatic carbocycles. The molecule has 0 aromatic heterocycles. The fraction of sp³-hybridized carbons (Fsp3) is 0.429. The van der Waals surface area contributed by atoms with Crippen molar-refractivity contribution in [1.82, 2.24) is 9.80 Å². The Morgan fingerprint density at radius 1 is 1.33 bits per heavy atom. The second-order valence-electron chi connectivity index (χ2n) is 5.01. The van der Waals surface area contributed by atoms with E-state index in [9.17, 15) is 9.18 Å². The number of carbonyl (C=O) groups excluding carboxylic acids is 1. The van der Waals surface area contributed by atoms with Gasteiger partial charge >= 0.3 is 0 Å². The van der Waals surface area contributed by atoms with Gasteiger partial charge in [0.2, 0.25) is 0 Å². The maximum atomic E-state index is 13.6. The summed E-state index contributed by atoms with van der Waals surface area (Å²) in [4.78, 5) is 15.9. The minimum absolute atomic E-state index is 0.0930. The summed E-state index contributed by atoms with van der Waals surface area (Å²) in [5.74, 6) is -0.664. The van der Waals surface area contributed by atoms with Crippen LogP contribution >= 0.6 is 0 Å². The lowest BCUT2D eigenvalue weighted by molar-refractivity contribution is 0.0614. The van der Waals surface area contributed by atoms with Crippen molar-refractivity contribution in [3.05, 3.63) is 35.6 Å². The summed E-state index contributed by atoms with van der Waals surface area (Å²) in [5.41, 5.74) is 5.67. The number of carbonyl (C=O) groups is 1. The Morgan fingerprint density at radius 3 is 2.52 bits per heavy atom. The van der Waals surface area contributed by atoms with Crippen molar-refractivity contribution in [3.63, 3.8) is 0 Å². The van der Waals surface area contributed by atoms with E-state index in [1.54, 1.807) is 17.0 Å². The number of hydrogen-bond donors (Lipinski definition) is 2. The van der Waals surface area contributed by atoms with Crippen LogP contribution in [0.2, 0.25) is 0 Å². The van der Waals surface area contributed by atoms with E-state index in [1.165, 1.54) is 12.1 Å². The van der Waals surface area contributed by atoms with Gasteiger partial charge in [0.05, 0.1) is 11.6 Å². The maximum Gasteiger partial charge on any atom is 0.256 e. The standard InChI is InChI=1S/C14H19FN4O2/c1-10(13(16)17-21)18-6-8-19(9-7-18)14(20)11-4-2-3-5-12(11)15/h2-5,10,21H,6-9H2,1H3,(H2,16,17). The quantitative estimate of drug-likeness (QED) is 0.372. The highest BCUT2D eigenvalue weighted by Gasteiger charge is 2.27. The molecule has 1 aromatic rings. The number of rotatable bonds is 3. The first-order chi connectivity index (χ1) is 10.0. The van der Waals surface area contributed by atoms with Gasteiger partial charge in [-0.1, -0.05) is 17.3 Å². The van der Waals surface area contributed by atoms with E-state index in [0.29, 0.717) is 26.2 Å². The molecule has 0 spiro atoms. The van der Waals surface area contributed by atoms with Crippen molar-refractivity contribution in [1.29, 1.82) is 0 Å². The van der Waals surface area contributed by atoms with Crippen LogP contribution in [0.25, 0.3) is 0 Å². The van der Waals surface area contributed by atoms with E-state index in [4.69, 9.17) is 10.9 Å². The molecule has 1 heterocycles. The van der Waals surface area contributed by atoms with E-state index < -0.39 is 5.82 Å². The van der Waals surface area contributed by atoms with Gasteiger partial charge in [0.1, 0.15) is 5.82 Å². The molecule has 3 N–H and O–H groups in total. The number of hydrogen-bond acceptors (Lipinski definition) is 4. The lowest BCUT2D eigenvalue weighted by Crippen LogP contribution is -2.54. The molecule has 0 radical (unpaired) electrons. The molecule has 114 valence electrons. The Labute approximate surface area is 122 Å². The normalized spacial score (nSPS) is 18.6. The first-order valence-corrected chi connectivity index (χ1v) is 6.80. The first kappa shape index (κ1) is 15.2. The third kappa shape index (κ3) is 3.30. The monoisotopic (exact) mass is 294 g/mol. The Morgan fingerprint density at radius 2 is 1.95 bits per heavy atom. The van der Waals surface area contributed by atoms with Gasteiger partial charge < -0.3 is 15.8 Å². The van der Waals surface area contributed by atoms with Crippen molar-refractivity contribution < 1.29 is 14.4 Å². The molecule has 6 nitrogen and oxygen atoms in total. The predicted octanol–water partition coefficient (Wildman–Crippen LogP) is 0.718. The fourth-order valence-corrected chi connectivity index (χ4v) is 2.39. The van der Waals surface area contributed by atoms with Crippen molar-refractivity contribution in [2.75, 3.05) is 26.2 Å². The third-order valence-electron chi connectivity index (χ3n) is 3.80. The zero-order valence-electron chi connectivity index (χ0n) is 11.9. The van der Waals surface area contributed by atoms with E-state index in [-0.39, 0.29) is 23.3 Å². The molecule has 0 aliphatic carbocycles. The zero-order chi connectivity index (χ0) is 15.4. The van der Waals surface area contributed by atoms with E-state index >= 15 is 0 Å². The van der Waals surface area contributed by atoms with Crippen LogP contribution in [0.4, 0.5) is 4.39 Å². The zero-order valence-corrected chi connectivity index (χ0v) is 11.9. The molecule has 21 heavy (non-hydrogen) atoms. The van der Waals surface area contributed by atoms with Crippen LogP contribution in [0.5, 0.6) is 0 Å². The third-order valence-corrected chi connectivity index (χ3v) is 3.80. The molecule has 1 fully saturated rings. The molecule has 1 amide bonds. The summed E-state index contributed by atoms with van der Waals surface area (Å²) in [6, 6.07) is 5.78. The van der Waals surface area contributed by atoms with Gasteiger partial charge in [-0.15, -0.1) is 0 Å². The van der Waals surface area contributed by atoms with Crippen LogP contribution in [0.15, 0.2) is 29.4 Å². The van der Waals surface area contributed by atoms with Gasteiger partial charge in [-0.25, -0.2) is 4.39 Å². The van der Waals surface area contributed by atoms with Gasteiger partial charge in [-0.3, -0.25) is 9.69 Å². The van der Waals surface area contributed by atoms with Crippen LogP contribution in [0.1, 0.15) is 17.3 Å². The smallest absolute Gasteiger partial charge is 0.256 e. The number of amidine groups is 1. The maximum absolute atomic E-state index is 13.6. The van der Waals surface area contributed by atoms with Crippen molar-refractivity contribution in [2.24, 2.45) is 10.9 Å². The van der Waals surface area contributed by atoms with Crippen LogP contribution in [-0.2, 0) is 0 Å². The lowest BCUT2D eigenvalue weighted by atomic mass is 10.1. The molecule has 1 aliphatic rings. The van der Waals surface area contributed by atoms with Gasteiger partial charge in [-0.05, 0) is 19.1 Å². The molecule has 0 bridgehead atoms. The minimum Gasteiger partial charge on any atom is -0.409 e. The first-order valence-electron chi connectivity index (χ1n) is 6.80. The highest BCUT2D eigenvalue weighted by Crippen LogP contribution is 2.13. The summed E-state index contributed by atoms with van der Waals surface area (Å²) < 4.78 is 13.6. The fourth-order valence-electron chi connectivity index (χ4n) is 2.39. The summed E-state index contributed by atoms with van der Waals surface area (Å²) in [6.07, 6.45) is 0. The average molecular weight is 294 g/mol. The number of oxime groups is 1. The number of nitrogens with two attached hydrogens (primary N) is 1. The number of halogens is 1. The molecule has 0 saturated carbocycles. The second-order valence-corrected chi connectivity index (χ2v) is 5.01. The SMILES string of the molecule is CC(C(N)=NO)N1CCN(C(=O)c2ccccc2F)CC1. The van der Waals surface area contributed by atoms with Gasteiger partial charge in [-0.2, -0.15) is 0 Å². The molecule has 2 rings (SSSR count). The highest BCUT2D eigenvalue weighted by atomic mass is 19.1. The average Bonchev–Trinajstić information content (AvgIpc) is 2.53. The Bertz CT molecular complexity index is 542. The van der Waals surface area contributed by atoms with Crippen LogP contribution in [0.3, 0.4) is 0 Å². The topological polar surface area (TPSA) is 82.2 Å². The van der Waals surface area contributed by atoms with Gasteiger partial charge in [0, 0.05) is 26.2 Å². The van der Waals surface area contributed by atoms with Crippen molar-refractivity contribution in [2.45, 2.75) is 13.0 Å². The number of piperazine rings is 1.